The molecule has 126 valence electrons. The first-order valence-electron chi connectivity index (χ1n) is 8.85. The van der Waals surface area contributed by atoms with E-state index < -0.39 is 0 Å². The molecule has 4 rings (SSSR count). The minimum Gasteiger partial charge on any atom is -0.365 e. The lowest BCUT2D eigenvalue weighted by atomic mass is 9.87. The molecule has 24 heavy (non-hydrogen) atoms. The number of hydrogen-bond acceptors (Lipinski definition) is 3. The highest BCUT2D eigenvalue weighted by Crippen LogP contribution is 2.24. The molecule has 0 spiro atoms. The van der Waals surface area contributed by atoms with Crippen molar-refractivity contribution in [3.63, 3.8) is 0 Å². The molecule has 1 aliphatic carbocycles. The Morgan fingerprint density at radius 1 is 1.25 bits per heavy atom. The number of nitrogens with one attached hydrogen (secondary N) is 1. The number of hydrogen-bond donors (Lipinski definition) is 2. The minimum atomic E-state index is -0.367. The van der Waals surface area contributed by atoms with E-state index in [4.69, 9.17) is 5.73 Å². The van der Waals surface area contributed by atoms with Crippen LogP contribution in [0.3, 0.4) is 0 Å². The van der Waals surface area contributed by atoms with Crippen LogP contribution < -0.4 is 11.1 Å². The van der Waals surface area contributed by atoms with E-state index in [1.54, 1.807) is 6.20 Å². The lowest BCUT2D eigenvalue weighted by Gasteiger charge is -2.29. The average Bonchev–Trinajstić information content (AvgIpc) is 3.03. The molecule has 2 aliphatic rings. The van der Waals surface area contributed by atoms with Gasteiger partial charge in [-0.1, -0.05) is 24.3 Å². The molecule has 1 aromatic carbocycles. The highest BCUT2D eigenvalue weighted by molar-refractivity contribution is 5.93. The second-order valence-electron chi connectivity index (χ2n) is 7.07. The van der Waals surface area contributed by atoms with E-state index >= 15 is 0 Å². The maximum atomic E-state index is 11.5. The normalized spacial score (nSPS) is 22.7. The second-order valence-corrected chi connectivity index (χ2v) is 7.07. The molecule has 1 aromatic heterocycles. The fourth-order valence-corrected chi connectivity index (χ4v) is 4.08. The van der Waals surface area contributed by atoms with Gasteiger partial charge < -0.3 is 11.1 Å². The molecular weight excluding hydrogens is 300 g/mol. The Balaban J connectivity index is 1.36. The third-order valence-corrected chi connectivity index (χ3v) is 5.49. The van der Waals surface area contributed by atoms with Crippen molar-refractivity contribution >= 4 is 5.91 Å². The van der Waals surface area contributed by atoms with Crippen molar-refractivity contribution in [2.45, 2.75) is 44.7 Å². The van der Waals surface area contributed by atoms with Crippen LogP contribution in [0.15, 0.2) is 30.5 Å². The van der Waals surface area contributed by atoms with Crippen molar-refractivity contribution in [2.75, 3.05) is 6.54 Å². The molecular formula is C19H24N4O. The number of primary amides is 1. The van der Waals surface area contributed by atoms with E-state index in [0.29, 0.717) is 17.5 Å². The minimum absolute atomic E-state index is 0.367. The van der Waals surface area contributed by atoms with Crippen LogP contribution in [0.5, 0.6) is 0 Å². The summed E-state index contributed by atoms with van der Waals surface area (Å²) in [6, 6.07) is 9.33. The molecule has 0 saturated carbocycles. The number of amides is 1. The monoisotopic (exact) mass is 324 g/mol. The summed E-state index contributed by atoms with van der Waals surface area (Å²) in [6.45, 7) is 1.87. The van der Waals surface area contributed by atoms with Gasteiger partial charge in [-0.2, -0.15) is 5.10 Å². The number of rotatable bonds is 4. The second kappa shape index (κ2) is 6.40. The first kappa shape index (κ1) is 15.4. The third kappa shape index (κ3) is 2.96. The van der Waals surface area contributed by atoms with Crippen LogP contribution in [0.4, 0.5) is 0 Å². The van der Waals surface area contributed by atoms with Crippen molar-refractivity contribution < 1.29 is 4.79 Å². The molecule has 5 nitrogen and oxygen atoms in total. The van der Waals surface area contributed by atoms with E-state index in [0.717, 1.165) is 44.5 Å². The Morgan fingerprint density at radius 3 is 2.92 bits per heavy atom. The summed E-state index contributed by atoms with van der Waals surface area (Å²) in [5.41, 5.74) is 10.0. The molecule has 0 saturated heterocycles. The predicted octanol–water partition coefficient (Wildman–Crippen LogP) is 1.69. The predicted molar refractivity (Wildman–Crippen MR) is 92.8 cm³/mol. The molecule has 0 bridgehead atoms. The fourth-order valence-electron chi connectivity index (χ4n) is 4.08. The number of fused-ring (bicyclic) bond motifs is 2. The van der Waals surface area contributed by atoms with Gasteiger partial charge in [-0.3, -0.25) is 9.48 Å². The Kier molecular flexibility index (Phi) is 4.10. The van der Waals surface area contributed by atoms with Gasteiger partial charge >= 0.3 is 0 Å². The number of carbonyl (C=O) groups is 1. The molecule has 2 aromatic rings. The van der Waals surface area contributed by atoms with Crippen molar-refractivity contribution in [3.05, 3.63) is 52.8 Å². The van der Waals surface area contributed by atoms with Gasteiger partial charge in [0.25, 0.3) is 5.91 Å². The van der Waals surface area contributed by atoms with Crippen molar-refractivity contribution in [3.8, 4) is 0 Å². The van der Waals surface area contributed by atoms with Crippen LogP contribution in [0.2, 0.25) is 0 Å². The molecule has 5 heteroatoms. The van der Waals surface area contributed by atoms with Crippen molar-refractivity contribution in [2.24, 2.45) is 11.7 Å². The van der Waals surface area contributed by atoms with Crippen LogP contribution in [0.1, 0.15) is 40.0 Å². The van der Waals surface area contributed by atoms with Crippen molar-refractivity contribution in [1.82, 2.24) is 15.1 Å². The Labute approximate surface area is 142 Å². The van der Waals surface area contributed by atoms with E-state index in [-0.39, 0.29) is 5.91 Å². The van der Waals surface area contributed by atoms with Gasteiger partial charge in [-0.05, 0) is 55.7 Å². The van der Waals surface area contributed by atoms with E-state index in [1.165, 1.54) is 17.5 Å². The summed E-state index contributed by atoms with van der Waals surface area (Å²) in [6.07, 6.45) is 7.09. The molecule has 0 fully saturated rings. The van der Waals surface area contributed by atoms with Gasteiger partial charge in [-0.25, -0.2) is 0 Å². The van der Waals surface area contributed by atoms with Gasteiger partial charge in [-0.15, -0.1) is 0 Å². The number of nitrogens with two attached hydrogens (primary N) is 1. The quantitative estimate of drug-likeness (QED) is 0.899. The maximum absolute atomic E-state index is 11.5. The lowest BCUT2D eigenvalue weighted by molar-refractivity contribution is 0.0998. The lowest BCUT2D eigenvalue weighted by Crippen LogP contribution is -2.39. The Morgan fingerprint density at radius 2 is 2.08 bits per heavy atom. The average molecular weight is 324 g/mol. The number of aryl methyl sites for hydroxylation is 2. The Hall–Kier alpha value is -2.14. The molecule has 1 aliphatic heterocycles. The van der Waals surface area contributed by atoms with Crippen LogP contribution >= 0.6 is 0 Å². The van der Waals surface area contributed by atoms with Gasteiger partial charge in [0.15, 0.2) is 0 Å². The number of aromatic nitrogens is 2. The zero-order valence-corrected chi connectivity index (χ0v) is 13.9. The van der Waals surface area contributed by atoms with Crippen LogP contribution in [0.25, 0.3) is 0 Å². The molecule has 0 unspecified atom stereocenters. The maximum Gasteiger partial charge on any atom is 0.252 e. The number of benzene rings is 1. The summed E-state index contributed by atoms with van der Waals surface area (Å²) in [4.78, 5) is 11.5. The van der Waals surface area contributed by atoms with Gasteiger partial charge in [0, 0.05) is 12.6 Å². The van der Waals surface area contributed by atoms with E-state index in [1.807, 2.05) is 4.68 Å². The first-order valence-corrected chi connectivity index (χ1v) is 8.85. The van der Waals surface area contributed by atoms with Gasteiger partial charge in [0.05, 0.1) is 17.5 Å². The van der Waals surface area contributed by atoms with Gasteiger partial charge in [0.1, 0.15) is 0 Å². The topological polar surface area (TPSA) is 72.9 Å². The summed E-state index contributed by atoms with van der Waals surface area (Å²) in [7, 11) is 0. The number of carbonyl (C=O) groups excluding carboxylic acids is 1. The van der Waals surface area contributed by atoms with Crippen LogP contribution in [-0.4, -0.2) is 28.3 Å². The molecule has 0 radical (unpaired) electrons. The highest BCUT2D eigenvalue weighted by Gasteiger charge is 2.25. The summed E-state index contributed by atoms with van der Waals surface area (Å²) >= 11 is 0. The zero-order chi connectivity index (χ0) is 16.5. The van der Waals surface area contributed by atoms with Crippen LogP contribution in [-0.2, 0) is 25.8 Å². The smallest absolute Gasteiger partial charge is 0.252 e. The van der Waals surface area contributed by atoms with Crippen LogP contribution in [0, 0.1) is 5.92 Å². The number of nitrogens with zero attached hydrogens (tertiary/aromatic N) is 2. The fraction of sp³-hybridized carbons (Fsp3) is 0.474. The molecule has 3 N–H and O–H groups in total. The first-order chi connectivity index (χ1) is 11.7. The highest BCUT2D eigenvalue weighted by atomic mass is 16.1. The third-order valence-electron chi connectivity index (χ3n) is 5.49. The van der Waals surface area contributed by atoms with E-state index in [2.05, 4.69) is 34.7 Å². The van der Waals surface area contributed by atoms with Crippen molar-refractivity contribution in [1.29, 1.82) is 0 Å². The van der Waals surface area contributed by atoms with E-state index in [9.17, 15) is 4.79 Å². The zero-order valence-electron chi connectivity index (χ0n) is 13.9. The molecule has 1 amide bonds. The Bertz CT molecular complexity index is 752. The summed E-state index contributed by atoms with van der Waals surface area (Å²) < 4.78 is 1.94. The SMILES string of the molecule is NC(=O)c1cnn2c1C[C@@H](CN[C@H]1CCc3ccccc3C1)CC2. The molecule has 2 atom stereocenters. The van der Waals surface area contributed by atoms with Gasteiger partial charge in [0.2, 0.25) is 0 Å². The summed E-state index contributed by atoms with van der Waals surface area (Å²) in [5, 5.41) is 8.04. The summed E-state index contributed by atoms with van der Waals surface area (Å²) in [5.74, 6) is 0.179. The standard InChI is InChI=1S/C19H24N4O/c20-19(24)17-12-22-23-8-7-13(9-18(17)23)11-21-16-6-5-14-3-1-2-4-15(14)10-16/h1-4,12-13,16,21H,5-11H2,(H2,20,24)/t13-,16-/m0/s1. The largest absolute Gasteiger partial charge is 0.365 e. The molecule has 2 heterocycles.